The van der Waals surface area contributed by atoms with Crippen LogP contribution in [-0.2, 0) is 4.79 Å². The van der Waals surface area contributed by atoms with E-state index in [1.165, 1.54) is 11.0 Å². The number of hydrogen-bond donors (Lipinski definition) is 1. The lowest BCUT2D eigenvalue weighted by Gasteiger charge is -2.19. The van der Waals surface area contributed by atoms with E-state index in [-0.39, 0.29) is 11.9 Å². The van der Waals surface area contributed by atoms with Crippen molar-refractivity contribution in [1.29, 1.82) is 0 Å². The molecule has 0 saturated carbocycles. The summed E-state index contributed by atoms with van der Waals surface area (Å²) in [4.78, 5) is 13.0. The molecule has 4 aromatic rings. The molecular weight excluding hydrogens is 332 g/mol. The van der Waals surface area contributed by atoms with Gasteiger partial charge in [-0.15, -0.1) is 15.3 Å². The van der Waals surface area contributed by atoms with Crippen LogP contribution in [0.4, 0.5) is 0 Å². The van der Waals surface area contributed by atoms with Crippen LogP contribution >= 0.6 is 0 Å². The Morgan fingerprint density at radius 2 is 1.88 bits per heavy atom. The molecule has 9 nitrogen and oxygen atoms in total. The molecule has 26 heavy (non-hydrogen) atoms. The number of fused-ring (bicyclic) bond motifs is 1. The van der Waals surface area contributed by atoms with Gasteiger partial charge in [0.15, 0.2) is 17.5 Å². The third-order valence-corrected chi connectivity index (χ3v) is 4.08. The zero-order chi connectivity index (χ0) is 17.9. The van der Waals surface area contributed by atoms with Gasteiger partial charge < -0.3 is 5.32 Å². The maximum Gasteiger partial charge on any atom is 0.250 e. The first kappa shape index (κ1) is 15.9. The molecule has 2 atom stereocenters. The molecule has 3 aromatic heterocycles. The minimum atomic E-state index is -0.673. The largest absolute Gasteiger partial charge is 0.344 e. The predicted octanol–water partition coefficient (Wildman–Crippen LogP) is 1.18. The molecule has 1 N–H and O–H groups in total. The van der Waals surface area contributed by atoms with Crippen molar-refractivity contribution in [3.63, 3.8) is 0 Å². The summed E-state index contributed by atoms with van der Waals surface area (Å²) >= 11 is 0. The third kappa shape index (κ3) is 2.90. The number of benzene rings is 1. The molecule has 0 bridgehead atoms. The minimum absolute atomic E-state index is 0.233. The number of hydrogen-bond acceptors (Lipinski definition) is 6. The van der Waals surface area contributed by atoms with Crippen LogP contribution in [0.3, 0.4) is 0 Å². The topological polar surface area (TPSA) is 103 Å². The zero-order valence-corrected chi connectivity index (χ0v) is 14.0. The summed E-state index contributed by atoms with van der Waals surface area (Å²) in [6, 6.07) is 14.0. The molecule has 0 aliphatic rings. The van der Waals surface area contributed by atoms with Crippen molar-refractivity contribution in [2.45, 2.75) is 19.0 Å². The Balaban J connectivity index is 1.62. The number of carbonyl (C=O) groups excluding carboxylic acids is 1. The van der Waals surface area contributed by atoms with Crippen molar-refractivity contribution >= 4 is 11.6 Å². The van der Waals surface area contributed by atoms with Crippen LogP contribution in [0.2, 0.25) is 0 Å². The van der Waals surface area contributed by atoms with Crippen LogP contribution in [0.1, 0.15) is 30.4 Å². The van der Waals surface area contributed by atoms with Gasteiger partial charge in [0.05, 0.1) is 6.04 Å². The van der Waals surface area contributed by atoms with Gasteiger partial charge in [-0.25, -0.2) is 4.68 Å². The van der Waals surface area contributed by atoms with Gasteiger partial charge in [-0.3, -0.25) is 9.20 Å². The van der Waals surface area contributed by atoms with Gasteiger partial charge >= 0.3 is 0 Å². The Morgan fingerprint density at radius 1 is 1.08 bits per heavy atom. The second-order valence-corrected chi connectivity index (χ2v) is 5.82. The maximum atomic E-state index is 13.0. The Bertz CT molecular complexity index is 1010. The lowest BCUT2D eigenvalue weighted by atomic mass is 10.1. The number of amides is 1. The van der Waals surface area contributed by atoms with E-state index in [1.54, 1.807) is 0 Å². The Kier molecular flexibility index (Phi) is 4.10. The van der Waals surface area contributed by atoms with Crippen LogP contribution in [0.5, 0.6) is 0 Å². The van der Waals surface area contributed by atoms with Gasteiger partial charge in [0.25, 0.3) is 0 Å². The Labute approximate surface area is 148 Å². The summed E-state index contributed by atoms with van der Waals surface area (Å²) in [6.45, 7) is 1.86. The average Bonchev–Trinajstić information content (AvgIpc) is 3.32. The zero-order valence-electron chi connectivity index (χ0n) is 14.0. The minimum Gasteiger partial charge on any atom is -0.344 e. The van der Waals surface area contributed by atoms with E-state index in [9.17, 15) is 4.79 Å². The van der Waals surface area contributed by atoms with Gasteiger partial charge in [-0.2, -0.15) is 0 Å². The maximum absolute atomic E-state index is 13.0. The number of tetrazole rings is 1. The summed E-state index contributed by atoms with van der Waals surface area (Å²) < 4.78 is 3.28. The number of rotatable bonds is 5. The molecule has 130 valence electrons. The highest BCUT2D eigenvalue weighted by molar-refractivity contribution is 5.83. The lowest BCUT2D eigenvalue weighted by molar-refractivity contribution is -0.124. The summed E-state index contributed by atoms with van der Waals surface area (Å²) in [7, 11) is 0. The number of nitrogens with one attached hydrogen (secondary N) is 1. The normalized spacial score (nSPS) is 13.4. The SMILES string of the molecule is C[C@@H](NC(=O)C(c1ccccc1)n1cnnn1)c1nnc2ccccn12. The third-order valence-electron chi connectivity index (χ3n) is 4.08. The number of pyridine rings is 1. The fourth-order valence-corrected chi connectivity index (χ4v) is 2.86. The van der Waals surface area contributed by atoms with Crippen LogP contribution in [0.25, 0.3) is 5.65 Å². The molecule has 0 aliphatic carbocycles. The standard InChI is InChI=1S/C17H16N8O/c1-12(16-21-20-14-9-5-6-10-24(14)16)19-17(26)15(25-11-18-22-23-25)13-7-3-2-4-8-13/h2-12,15H,1H3,(H,19,26)/t12-,15?/m1/s1. The van der Waals surface area contributed by atoms with E-state index in [0.717, 1.165) is 11.2 Å². The second-order valence-electron chi connectivity index (χ2n) is 5.82. The van der Waals surface area contributed by atoms with Crippen molar-refractivity contribution in [1.82, 2.24) is 40.1 Å². The molecule has 1 amide bonds. The van der Waals surface area contributed by atoms with Gasteiger partial charge in [0, 0.05) is 6.20 Å². The van der Waals surface area contributed by atoms with Crippen LogP contribution in [0, 0.1) is 0 Å². The fraction of sp³-hybridized carbons (Fsp3) is 0.176. The van der Waals surface area contributed by atoms with E-state index >= 15 is 0 Å². The van der Waals surface area contributed by atoms with Crippen LogP contribution in [0.15, 0.2) is 61.1 Å². The van der Waals surface area contributed by atoms with E-state index in [2.05, 4.69) is 31.0 Å². The molecule has 9 heteroatoms. The van der Waals surface area contributed by atoms with Gasteiger partial charge in [-0.1, -0.05) is 36.4 Å². The molecule has 0 saturated heterocycles. The summed E-state index contributed by atoms with van der Waals surface area (Å²) in [5, 5.41) is 22.5. The highest BCUT2D eigenvalue weighted by Gasteiger charge is 2.26. The van der Waals surface area contributed by atoms with E-state index in [1.807, 2.05) is 66.1 Å². The molecule has 3 heterocycles. The first-order chi connectivity index (χ1) is 12.7. The quantitative estimate of drug-likeness (QED) is 0.581. The van der Waals surface area contributed by atoms with Crippen LogP contribution < -0.4 is 5.32 Å². The summed E-state index contributed by atoms with van der Waals surface area (Å²) in [5.41, 5.74) is 1.51. The van der Waals surface area contributed by atoms with Crippen molar-refractivity contribution in [2.75, 3.05) is 0 Å². The van der Waals surface area contributed by atoms with Crippen molar-refractivity contribution in [3.05, 3.63) is 72.4 Å². The summed E-state index contributed by atoms with van der Waals surface area (Å²) in [5.74, 6) is 0.418. The van der Waals surface area contributed by atoms with Crippen molar-refractivity contribution in [2.24, 2.45) is 0 Å². The van der Waals surface area contributed by atoms with Crippen molar-refractivity contribution in [3.8, 4) is 0 Å². The van der Waals surface area contributed by atoms with E-state index in [0.29, 0.717) is 5.82 Å². The summed E-state index contributed by atoms with van der Waals surface area (Å²) in [6.07, 6.45) is 3.29. The van der Waals surface area contributed by atoms with Crippen LogP contribution in [-0.4, -0.2) is 40.7 Å². The highest BCUT2D eigenvalue weighted by Crippen LogP contribution is 2.19. The first-order valence-corrected chi connectivity index (χ1v) is 8.11. The predicted molar refractivity (Wildman–Crippen MR) is 91.9 cm³/mol. The molecule has 0 radical (unpaired) electrons. The monoisotopic (exact) mass is 348 g/mol. The Morgan fingerprint density at radius 3 is 2.65 bits per heavy atom. The van der Waals surface area contributed by atoms with Gasteiger partial charge in [0.1, 0.15) is 6.33 Å². The first-order valence-electron chi connectivity index (χ1n) is 8.11. The van der Waals surface area contributed by atoms with Crippen molar-refractivity contribution < 1.29 is 4.79 Å². The lowest BCUT2D eigenvalue weighted by Crippen LogP contribution is -2.36. The number of nitrogens with zero attached hydrogens (tertiary/aromatic N) is 7. The average molecular weight is 348 g/mol. The molecule has 0 fully saturated rings. The van der Waals surface area contributed by atoms with E-state index < -0.39 is 6.04 Å². The fourth-order valence-electron chi connectivity index (χ4n) is 2.86. The van der Waals surface area contributed by atoms with E-state index in [4.69, 9.17) is 0 Å². The Hall–Kier alpha value is -3.62. The smallest absolute Gasteiger partial charge is 0.250 e. The van der Waals surface area contributed by atoms with Gasteiger partial charge in [-0.05, 0) is 35.0 Å². The molecule has 1 unspecified atom stereocenters. The highest BCUT2D eigenvalue weighted by atomic mass is 16.2. The molecule has 0 aliphatic heterocycles. The number of aromatic nitrogens is 7. The molecule has 4 rings (SSSR count). The molecule has 0 spiro atoms. The molecule has 1 aromatic carbocycles. The molecular formula is C17H16N8O. The number of carbonyl (C=O) groups is 1. The second kappa shape index (κ2) is 6.71. The van der Waals surface area contributed by atoms with Gasteiger partial charge in [0.2, 0.25) is 5.91 Å².